The van der Waals surface area contributed by atoms with E-state index >= 15 is 0 Å². The molecule has 3 atom stereocenters. The smallest absolute Gasteiger partial charge is 0.437 e. The van der Waals surface area contributed by atoms with Gasteiger partial charge in [-0.15, -0.1) is 4.99 Å². The van der Waals surface area contributed by atoms with Gasteiger partial charge in [0.05, 0.1) is 25.1 Å². The number of ether oxygens (including phenoxy) is 3. The molecule has 3 aliphatic heterocycles. The molecule has 0 spiro atoms. The largest absolute Gasteiger partial charge is 0.493 e. The highest BCUT2D eigenvalue weighted by Crippen LogP contribution is 2.42. The predicted octanol–water partition coefficient (Wildman–Crippen LogP) is 5.19. The number of aliphatic hydroxyl groups excluding tert-OH is 1. The summed E-state index contributed by atoms with van der Waals surface area (Å²) in [5.74, 6) is 0.672. The Morgan fingerprint density at radius 3 is 2.51 bits per heavy atom. The topological polar surface area (TPSA) is 139 Å². The Labute approximate surface area is 264 Å². The van der Waals surface area contributed by atoms with Gasteiger partial charge in [0.1, 0.15) is 28.8 Å². The quantitative estimate of drug-likeness (QED) is 0.416. The molecule has 5 rings (SSSR count). The second-order valence-corrected chi connectivity index (χ2v) is 13.5. The summed E-state index contributed by atoms with van der Waals surface area (Å²) in [4.78, 5) is 46.3. The molecule has 3 heterocycles. The number of para-hydroxylation sites is 1. The third-order valence-electron chi connectivity index (χ3n) is 8.84. The van der Waals surface area contributed by atoms with Crippen molar-refractivity contribution in [1.29, 1.82) is 0 Å². The molecule has 0 saturated carbocycles. The van der Waals surface area contributed by atoms with E-state index in [1.165, 1.54) is 4.90 Å². The van der Waals surface area contributed by atoms with Crippen LogP contribution in [0, 0.1) is 0 Å². The molecular formula is C34H44N4O7. The normalized spacial score (nSPS) is 24.4. The summed E-state index contributed by atoms with van der Waals surface area (Å²) in [7, 11) is 0. The Bertz CT molecular complexity index is 1510. The number of benzene rings is 2. The minimum Gasteiger partial charge on any atom is -0.493 e. The lowest BCUT2D eigenvalue weighted by atomic mass is 9.85. The van der Waals surface area contributed by atoms with Crippen LogP contribution in [0.15, 0.2) is 47.5 Å². The van der Waals surface area contributed by atoms with Crippen molar-refractivity contribution in [1.82, 2.24) is 15.5 Å². The number of nitrogens with zero attached hydrogens (tertiary/aromatic N) is 2. The van der Waals surface area contributed by atoms with Crippen molar-refractivity contribution in [3.05, 3.63) is 59.2 Å². The first-order chi connectivity index (χ1) is 21.2. The zero-order chi connectivity index (χ0) is 32.7. The summed E-state index contributed by atoms with van der Waals surface area (Å²) >= 11 is 0. The summed E-state index contributed by atoms with van der Waals surface area (Å²) in [5.41, 5.74) is -0.622. The number of hydrogen-bond donors (Lipinski definition) is 3. The zero-order valence-electron chi connectivity index (χ0n) is 27.1. The zero-order valence-corrected chi connectivity index (χ0v) is 27.1. The average molecular weight is 621 g/mol. The molecule has 3 aliphatic rings. The average Bonchev–Trinajstić information content (AvgIpc) is 2.97. The highest BCUT2D eigenvalue weighted by Gasteiger charge is 2.46. The van der Waals surface area contributed by atoms with Gasteiger partial charge in [0, 0.05) is 28.7 Å². The fraction of sp³-hybridized carbons (Fsp3) is 0.529. The van der Waals surface area contributed by atoms with Crippen LogP contribution >= 0.6 is 0 Å². The van der Waals surface area contributed by atoms with Crippen molar-refractivity contribution < 1.29 is 33.7 Å². The third-order valence-corrected chi connectivity index (χ3v) is 8.84. The maximum absolute atomic E-state index is 13.9. The minimum absolute atomic E-state index is 0.126. The molecule has 1 saturated heterocycles. The highest BCUT2D eigenvalue weighted by atomic mass is 16.6. The van der Waals surface area contributed by atoms with E-state index in [1.807, 2.05) is 38.1 Å². The summed E-state index contributed by atoms with van der Waals surface area (Å²) in [6, 6.07) is 11.1. The molecule has 0 aromatic heterocycles. The molecule has 3 N–H and O–H groups in total. The van der Waals surface area contributed by atoms with Crippen LogP contribution in [0.2, 0.25) is 0 Å². The molecule has 0 bridgehead atoms. The molecule has 1 fully saturated rings. The standard InChI is InChI=1S/C34H44N4O7/c1-8-34(9-2)19-26(39)38(30(37-34)36-31(42)45-32(3,4)5)23-16-17-43-24-15-14-20(18-22(23)24)29(41)35-27-21-12-10-11-13-25(21)44-33(6,7)28(27)40/h10-15,18,23,27-28,40H,8-9,16-17,19H2,1-7H3,(H,35,41)(H,36,37,42)/t23?,27-,28+/m1/s1. The van der Waals surface area contributed by atoms with E-state index in [2.05, 4.69) is 15.6 Å². The van der Waals surface area contributed by atoms with Crippen LogP contribution in [-0.4, -0.2) is 63.3 Å². The van der Waals surface area contributed by atoms with E-state index in [0.717, 1.165) is 0 Å². The third kappa shape index (κ3) is 6.49. The Morgan fingerprint density at radius 2 is 1.82 bits per heavy atom. The molecule has 11 nitrogen and oxygen atoms in total. The van der Waals surface area contributed by atoms with Gasteiger partial charge in [-0.25, -0.2) is 4.79 Å². The van der Waals surface area contributed by atoms with Crippen LogP contribution in [0.1, 0.15) is 108 Å². The SMILES string of the molecule is CCC1(CC)CC(=O)N(C2CCOc3ccc(C(=O)N[C@@H]4c5ccccc5OC(C)(C)[C@H]4O)cc32)C(=NC(=O)OC(C)(C)C)N1. The molecule has 0 aliphatic carbocycles. The molecule has 0 radical (unpaired) electrons. The number of carbonyl (C=O) groups excluding carboxylic acids is 3. The number of rotatable bonds is 5. The number of guanidine groups is 1. The van der Waals surface area contributed by atoms with Crippen molar-refractivity contribution >= 4 is 23.9 Å². The number of nitrogens with one attached hydrogen (secondary N) is 2. The molecule has 2 aromatic carbocycles. The van der Waals surface area contributed by atoms with Crippen LogP contribution in [0.25, 0.3) is 0 Å². The second-order valence-electron chi connectivity index (χ2n) is 13.5. The van der Waals surface area contributed by atoms with Gasteiger partial charge in [-0.3, -0.25) is 14.5 Å². The molecule has 242 valence electrons. The summed E-state index contributed by atoms with van der Waals surface area (Å²) < 4.78 is 17.4. The summed E-state index contributed by atoms with van der Waals surface area (Å²) in [6.07, 6.45) is 0.142. The van der Waals surface area contributed by atoms with Crippen LogP contribution < -0.4 is 20.1 Å². The van der Waals surface area contributed by atoms with Gasteiger partial charge in [0.15, 0.2) is 0 Å². The number of aliphatic hydroxyl groups is 1. The lowest BCUT2D eigenvalue weighted by Crippen LogP contribution is -2.63. The van der Waals surface area contributed by atoms with Crippen molar-refractivity contribution in [2.45, 2.75) is 109 Å². The number of amides is 3. The molecule has 3 amide bonds. The van der Waals surface area contributed by atoms with Crippen molar-refractivity contribution in [3.63, 3.8) is 0 Å². The number of aliphatic imine (C=N–C) groups is 1. The number of carbonyl (C=O) groups is 3. The van der Waals surface area contributed by atoms with E-state index in [9.17, 15) is 19.5 Å². The van der Waals surface area contributed by atoms with Crippen LogP contribution in [0.3, 0.4) is 0 Å². The van der Waals surface area contributed by atoms with Gasteiger partial charge in [-0.2, -0.15) is 0 Å². The first-order valence-electron chi connectivity index (χ1n) is 15.6. The fourth-order valence-electron chi connectivity index (χ4n) is 6.20. The fourth-order valence-corrected chi connectivity index (χ4v) is 6.20. The summed E-state index contributed by atoms with van der Waals surface area (Å²) in [6.45, 7) is 13.1. The van der Waals surface area contributed by atoms with Gasteiger partial charge in [-0.1, -0.05) is 32.0 Å². The van der Waals surface area contributed by atoms with E-state index in [-0.39, 0.29) is 18.3 Å². The van der Waals surface area contributed by atoms with E-state index in [1.54, 1.807) is 52.8 Å². The van der Waals surface area contributed by atoms with Crippen LogP contribution in [0.4, 0.5) is 4.79 Å². The number of fused-ring (bicyclic) bond motifs is 2. The molecule has 45 heavy (non-hydrogen) atoms. The van der Waals surface area contributed by atoms with Gasteiger partial charge in [0.2, 0.25) is 11.9 Å². The number of hydrogen-bond acceptors (Lipinski definition) is 7. The van der Waals surface area contributed by atoms with E-state index in [4.69, 9.17) is 14.2 Å². The first-order valence-corrected chi connectivity index (χ1v) is 15.6. The molecule has 2 aromatic rings. The van der Waals surface area contributed by atoms with Crippen molar-refractivity contribution in [3.8, 4) is 11.5 Å². The van der Waals surface area contributed by atoms with E-state index in [0.29, 0.717) is 54.1 Å². The Hall–Kier alpha value is -4.12. The maximum atomic E-state index is 13.9. The first kappa shape index (κ1) is 32.3. The predicted molar refractivity (Wildman–Crippen MR) is 168 cm³/mol. The Morgan fingerprint density at radius 1 is 1.11 bits per heavy atom. The van der Waals surface area contributed by atoms with Gasteiger partial charge < -0.3 is 30.0 Å². The molecule has 11 heteroatoms. The van der Waals surface area contributed by atoms with Gasteiger partial charge in [-0.05, 0) is 71.7 Å². The maximum Gasteiger partial charge on any atom is 0.437 e. The minimum atomic E-state index is -1.01. The molecular weight excluding hydrogens is 576 g/mol. The van der Waals surface area contributed by atoms with Crippen LogP contribution in [0.5, 0.6) is 11.5 Å². The highest BCUT2D eigenvalue weighted by molar-refractivity contribution is 6.04. The summed E-state index contributed by atoms with van der Waals surface area (Å²) in [5, 5.41) is 17.6. The Balaban J connectivity index is 1.49. The Kier molecular flexibility index (Phi) is 8.61. The van der Waals surface area contributed by atoms with Crippen LogP contribution in [-0.2, 0) is 9.53 Å². The molecule has 1 unspecified atom stereocenters. The van der Waals surface area contributed by atoms with Gasteiger partial charge in [0.25, 0.3) is 5.91 Å². The van der Waals surface area contributed by atoms with Crippen molar-refractivity contribution in [2.75, 3.05) is 6.61 Å². The lowest BCUT2D eigenvalue weighted by Gasteiger charge is -2.46. The monoisotopic (exact) mass is 620 g/mol. The second kappa shape index (κ2) is 12.0. The van der Waals surface area contributed by atoms with E-state index < -0.39 is 46.9 Å². The van der Waals surface area contributed by atoms with Crippen molar-refractivity contribution in [2.24, 2.45) is 4.99 Å². The van der Waals surface area contributed by atoms with Gasteiger partial charge >= 0.3 is 6.09 Å². The lowest BCUT2D eigenvalue weighted by molar-refractivity contribution is -0.133.